The molecule has 4 rings (SSSR count). The van der Waals surface area contributed by atoms with Crippen molar-refractivity contribution in [2.45, 2.75) is 50.2 Å². The zero-order valence-electron chi connectivity index (χ0n) is 16.3. The van der Waals surface area contributed by atoms with Crippen LogP contribution in [-0.2, 0) is 14.9 Å². The van der Waals surface area contributed by atoms with Gasteiger partial charge in [0.25, 0.3) is 0 Å². The van der Waals surface area contributed by atoms with E-state index >= 15 is 0 Å². The Morgan fingerprint density at radius 2 is 1.56 bits per heavy atom. The molecule has 0 spiro atoms. The van der Waals surface area contributed by atoms with Crippen LogP contribution in [0.15, 0.2) is 60.7 Å². The number of hydrogen-bond donors (Lipinski definition) is 0. The second-order valence-corrected chi connectivity index (χ2v) is 8.38. The number of rotatable bonds is 4. The van der Waals surface area contributed by atoms with E-state index in [1.165, 1.54) is 19.4 Å². The third-order valence-corrected chi connectivity index (χ3v) is 6.63. The summed E-state index contributed by atoms with van der Waals surface area (Å²) in [5, 5.41) is 0. The van der Waals surface area contributed by atoms with Gasteiger partial charge in [-0.1, -0.05) is 60.7 Å². The maximum Gasteiger partial charge on any atom is 0.321 e. The lowest BCUT2D eigenvalue weighted by atomic mass is 9.75. The highest BCUT2D eigenvalue weighted by Crippen LogP contribution is 2.38. The molecule has 1 heterocycles. The van der Waals surface area contributed by atoms with Crippen molar-refractivity contribution in [3.63, 3.8) is 0 Å². The van der Waals surface area contributed by atoms with Crippen LogP contribution in [0, 0.1) is 5.92 Å². The fourth-order valence-corrected chi connectivity index (χ4v) is 4.82. The van der Waals surface area contributed by atoms with Gasteiger partial charge in [0, 0.05) is 6.04 Å². The van der Waals surface area contributed by atoms with Gasteiger partial charge >= 0.3 is 5.97 Å². The van der Waals surface area contributed by atoms with E-state index in [9.17, 15) is 4.79 Å². The van der Waals surface area contributed by atoms with E-state index in [0.717, 1.165) is 24.0 Å². The molecule has 3 heteroatoms. The van der Waals surface area contributed by atoms with Crippen molar-refractivity contribution >= 4 is 5.97 Å². The van der Waals surface area contributed by atoms with E-state index < -0.39 is 5.41 Å². The van der Waals surface area contributed by atoms with E-state index in [1.54, 1.807) is 0 Å². The van der Waals surface area contributed by atoms with Gasteiger partial charge in [-0.3, -0.25) is 4.79 Å². The zero-order valence-corrected chi connectivity index (χ0v) is 16.3. The molecule has 142 valence electrons. The van der Waals surface area contributed by atoms with Crippen LogP contribution in [0.5, 0.6) is 0 Å². The van der Waals surface area contributed by atoms with Crippen molar-refractivity contribution in [1.82, 2.24) is 4.90 Å². The summed E-state index contributed by atoms with van der Waals surface area (Å²) in [7, 11) is 2.20. The minimum absolute atomic E-state index is 0.0238. The van der Waals surface area contributed by atoms with Crippen molar-refractivity contribution in [1.29, 1.82) is 0 Å². The Balaban J connectivity index is 1.60. The second-order valence-electron chi connectivity index (χ2n) is 8.38. The Labute approximate surface area is 162 Å². The van der Waals surface area contributed by atoms with Crippen LogP contribution in [0.25, 0.3) is 0 Å². The van der Waals surface area contributed by atoms with Gasteiger partial charge < -0.3 is 9.64 Å². The molecule has 1 saturated carbocycles. The van der Waals surface area contributed by atoms with Crippen molar-refractivity contribution < 1.29 is 9.53 Å². The van der Waals surface area contributed by atoms with E-state index in [2.05, 4.69) is 11.9 Å². The van der Waals surface area contributed by atoms with Gasteiger partial charge in [-0.15, -0.1) is 0 Å². The van der Waals surface area contributed by atoms with Crippen LogP contribution in [0.4, 0.5) is 0 Å². The van der Waals surface area contributed by atoms with Gasteiger partial charge in [0.15, 0.2) is 0 Å². The van der Waals surface area contributed by atoms with Gasteiger partial charge in [-0.25, -0.2) is 0 Å². The van der Waals surface area contributed by atoms with Crippen molar-refractivity contribution in [2.75, 3.05) is 13.6 Å². The molecule has 3 nitrogen and oxygen atoms in total. The molecule has 1 aliphatic heterocycles. The molecule has 2 bridgehead atoms. The SMILES string of the molecule is CN1CCC2CC1C[C@@H](OC(=O)C(C)(c1ccccc1)c1ccccc1)C2. The molecule has 0 aromatic heterocycles. The van der Waals surface area contributed by atoms with E-state index in [4.69, 9.17) is 4.74 Å². The molecule has 0 N–H and O–H groups in total. The first-order valence-electron chi connectivity index (χ1n) is 10.1. The van der Waals surface area contributed by atoms with Crippen LogP contribution in [-0.4, -0.2) is 36.6 Å². The lowest BCUT2D eigenvalue weighted by Gasteiger charge is -2.44. The zero-order chi connectivity index (χ0) is 18.9. The maximum atomic E-state index is 13.5. The summed E-state index contributed by atoms with van der Waals surface area (Å²) in [5.74, 6) is 0.560. The van der Waals surface area contributed by atoms with Gasteiger partial charge in [-0.05, 0) is 63.2 Å². The highest BCUT2D eigenvalue weighted by atomic mass is 16.5. The predicted molar refractivity (Wildman–Crippen MR) is 108 cm³/mol. The summed E-state index contributed by atoms with van der Waals surface area (Å²) < 4.78 is 6.18. The molecule has 2 fully saturated rings. The number of fused-ring (bicyclic) bond motifs is 2. The molecular weight excluding hydrogens is 334 g/mol. The van der Waals surface area contributed by atoms with Crippen molar-refractivity contribution in [3.05, 3.63) is 71.8 Å². The third-order valence-electron chi connectivity index (χ3n) is 6.63. The van der Waals surface area contributed by atoms with Crippen molar-refractivity contribution in [2.24, 2.45) is 5.92 Å². The van der Waals surface area contributed by atoms with Crippen molar-refractivity contribution in [3.8, 4) is 0 Å². The Bertz CT molecular complexity index is 734. The van der Waals surface area contributed by atoms with Crippen LogP contribution in [0.2, 0.25) is 0 Å². The average molecular weight is 364 g/mol. The summed E-state index contributed by atoms with van der Waals surface area (Å²) in [6, 6.07) is 20.6. The Morgan fingerprint density at radius 3 is 2.15 bits per heavy atom. The Morgan fingerprint density at radius 1 is 0.963 bits per heavy atom. The molecular formula is C24H29NO2. The van der Waals surface area contributed by atoms with Gasteiger partial charge in [0.2, 0.25) is 0 Å². The number of ether oxygens (including phenoxy) is 1. The molecule has 2 aromatic rings. The minimum atomic E-state index is -0.791. The quantitative estimate of drug-likeness (QED) is 0.754. The molecule has 0 radical (unpaired) electrons. The average Bonchev–Trinajstić information content (AvgIpc) is 2.71. The molecule has 2 aliphatic rings. The molecule has 0 amide bonds. The number of carbonyl (C=O) groups excluding carboxylic acids is 1. The van der Waals surface area contributed by atoms with E-state index in [-0.39, 0.29) is 12.1 Å². The summed E-state index contributed by atoms with van der Waals surface area (Å²) in [6.07, 6.45) is 4.46. The summed E-state index contributed by atoms with van der Waals surface area (Å²) >= 11 is 0. The van der Waals surface area contributed by atoms with Crippen LogP contribution in [0.3, 0.4) is 0 Å². The number of esters is 1. The Kier molecular flexibility index (Phi) is 5.05. The number of likely N-dealkylation sites (tertiary alicyclic amines) is 1. The van der Waals surface area contributed by atoms with Crippen LogP contribution < -0.4 is 0 Å². The summed E-state index contributed by atoms with van der Waals surface area (Å²) in [5.41, 5.74) is 1.17. The van der Waals surface area contributed by atoms with Gasteiger partial charge in [0.05, 0.1) is 0 Å². The molecule has 27 heavy (non-hydrogen) atoms. The molecule has 3 atom stereocenters. The standard InChI is InChI=1S/C24H29NO2/c1-24(19-9-5-3-6-10-19,20-11-7-4-8-12-20)23(26)27-22-16-18-13-14-25(2)21(15-18)17-22/h3-12,18,21-22H,13-17H2,1-2H3/t18?,21?,22-/m0/s1. The van der Waals surface area contributed by atoms with Crippen LogP contribution >= 0.6 is 0 Å². The monoisotopic (exact) mass is 363 g/mol. The third kappa shape index (κ3) is 3.53. The first-order valence-corrected chi connectivity index (χ1v) is 10.1. The second kappa shape index (κ2) is 7.47. The van der Waals surface area contributed by atoms with Gasteiger partial charge in [-0.2, -0.15) is 0 Å². The van der Waals surface area contributed by atoms with E-state index in [1.807, 2.05) is 67.6 Å². The molecule has 2 unspecified atom stereocenters. The smallest absolute Gasteiger partial charge is 0.321 e. The lowest BCUT2D eigenvalue weighted by Crippen LogP contribution is -2.48. The fourth-order valence-electron chi connectivity index (χ4n) is 4.82. The number of carbonyl (C=O) groups is 1. The maximum absolute atomic E-state index is 13.5. The molecule has 2 aromatic carbocycles. The largest absolute Gasteiger partial charge is 0.461 e. The molecule has 1 aliphatic carbocycles. The minimum Gasteiger partial charge on any atom is -0.461 e. The van der Waals surface area contributed by atoms with E-state index in [0.29, 0.717) is 12.0 Å². The Hall–Kier alpha value is -2.13. The fraction of sp³-hybridized carbons (Fsp3) is 0.458. The lowest BCUT2D eigenvalue weighted by molar-refractivity contribution is -0.158. The van der Waals surface area contributed by atoms with Crippen LogP contribution in [0.1, 0.15) is 43.7 Å². The van der Waals surface area contributed by atoms with Gasteiger partial charge in [0.1, 0.15) is 11.5 Å². The normalized spacial score (nSPS) is 25.8. The first kappa shape index (κ1) is 18.2. The number of hydrogen-bond acceptors (Lipinski definition) is 3. The number of nitrogens with zero attached hydrogens (tertiary/aromatic N) is 1. The highest BCUT2D eigenvalue weighted by Gasteiger charge is 2.42. The number of piperidine rings is 1. The summed E-state index contributed by atoms with van der Waals surface area (Å²) in [6.45, 7) is 3.16. The highest BCUT2D eigenvalue weighted by molar-refractivity contribution is 5.87. The first-order chi connectivity index (χ1) is 13.1. The number of benzene rings is 2. The molecule has 1 saturated heterocycles. The predicted octanol–water partition coefficient (Wildman–Crippen LogP) is 4.41. The topological polar surface area (TPSA) is 29.5 Å². The summed E-state index contributed by atoms with van der Waals surface area (Å²) in [4.78, 5) is 15.9.